The largest absolute Gasteiger partial charge is 0.342 e. The number of fused-ring (bicyclic) bond motifs is 1. The van der Waals surface area contributed by atoms with E-state index in [-0.39, 0.29) is 0 Å². The highest BCUT2D eigenvalue weighted by Gasteiger charge is 2.11. The maximum atomic E-state index is 5.53. The van der Waals surface area contributed by atoms with Crippen LogP contribution in [0, 0.1) is 6.92 Å². The number of nitrogens with one attached hydrogen (secondary N) is 2. The van der Waals surface area contributed by atoms with Gasteiger partial charge >= 0.3 is 0 Å². The Hall–Kier alpha value is -2.47. The summed E-state index contributed by atoms with van der Waals surface area (Å²) in [6.45, 7) is 4.04. The number of benzene rings is 1. The van der Waals surface area contributed by atoms with Crippen LogP contribution in [0.4, 0.5) is 5.82 Å². The van der Waals surface area contributed by atoms with Gasteiger partial charge < -0.3 is 10.4 Å². The minimum absolute atomic E-state index is 0.552. The number of H-pyrrole nitrogens is 1. The lowest BCUT2D eigenvalue weighted by atomic mass is 10.2. The third-order valence-corrected chi connectivity index (χ3v) is 3.53. The van der Waals surface area contributed by atoms with Gasteiger partial charge in [0.15, 0.2) is 0 Å². The number of aryl methyl sites for hydroxylation is 1. The van der Waals surface area contributed by atoms with E-state index >= 15 is 0 Å². The lowest BCUT2D eigenvalue weighted by Crippen LogP contribution is -2.14. The average molecular weight is 282 g/mol. The van der Waals surface area contributed by atoms with Crippen LogP contribution < -0.4 is 11.3 Å². The Labute approximate surface area is 122 Å². The molecule has 0 amide bonds. The van der Waals surface area contributed by atoms with Gasteiger partial charge in [-0.05, 0) is 25.5 Å². The Balaban J connectivity index is 1.97. The van der Waals surface area contributed by atoms with Crippen molar-refractivity contribution in [3.8, 4) is 0 Å². The number of aromatic amines is 1. The van der Waals surface area contributed by atoms with Gasteiger partial charge in [0.1, 0.15) is 17.5 Å². The Morgan fingerprint density at radius 1 is 1.19 bits per heavy atom. The first-order chi connectivity index (χ1) is 10.2. The van der Waals surface area contributed by atoms with E-state index in [9.17, 15) is 0 Å². The van der Waals surface area contributed by atoms with E-state index in [0.29, 0.717) is 18.1 Å². The average Bonchev–Trinajstić information content (AvgIpc) is 2.90. The van der Waals surface area contributed by atoms with Gasteiger partial charge in [0.05, 0.1) is 17.5 Å². The molecule has 3 aromatic rings. The molecule has 0 spiro atoms. The third kappa shape index (κ3) is 2.57. The molecule has 0 bridgehead atoms. The highest BCUT2D eigenvalue weighted by atomic mass is 15.3. The molecule has 1 aromatic carbocycles. The van der Waals surface area contributed by atoms with Crippen molar-refractivity contribution in [1.29, 1.82) is 0 Å². The summed E-state index contributed by atoms with van der Waals surface area (Å²) in [4.78, 5) is 16.9. The monoisotopic (exact) mass is 282 g/mol. The van der Waals surface area contributed by atoms with Crippen LogP contribution in [-0.4, -0.2) is 19.9 Å². The molecule has 6 nitrogen and oxygen atoms in total. The Morgan fingerprint density at radius 2 is 2.00 bits per heavy atom. The summed E-state index contributed by atoms with van der Waals surface area (Å²) in [5.41, 5.74) is 6.61. The van der Waals surface area contributed by atoms with Crippen molar-refractivity contribution in [1.82, 2.24) is 19.9 Å². The first-order valence-electron chi connectivity index (χ1n) is 6.98. The number of nitrogens with two attached hydrogens (primary N) is 1. The van der Waals surface area contributed by atoms with Crippen LogP contribution in [-0.2, 0) is 12.8 Å². The molecule has 4 N–H and O–H groups in total. The molecular formula is C15H18N6. The van der Waals surface area contributed by atoms with E-state index in [4.69, 9.17) is 5.84 Å². The number of anilines is 1. The number of imidazole rings is 1. The van der Waals surface area contributed by atoms with E-state index in [0.717, 1.165) is 34.5 Å². The zero-order valence-electron chi connectivity index (χ0n) is 12.1. The molecule has 0 radical (unpaired) electrons. The van der Waals surface area contributed by atoms with Crippen molar-refractivity contribution >= 4 is 16.9 Å². The number of hydrazine groups is 1. The van der Waals surface area contributed by atoms with E-state index in [1.54, 1.807) is 0 Å². The van der Waals surface area contributed by atoms with Crippen molar-refractivity contribution in [2.24, 2.45) is 5.84 Å². The van der Waals surface area contributed by atoms with E-state index in [1.807, 2.05) is 31.2 Å². The summed E-state index contributed by atoms with van der Waals surface area (Å²) in [7, 11) is 0. The molecule has 108 valence electrons. The Kier molecular flexibility index (Phi) is 3.53. The minimum atomic E-state index is 0.552. The van der Waals surface area contributed by atoms with Crippen LogP contribution in [0.5, 0.6) is 0 Å². The van der Waals surface area contributed by atoms with Crippen molar-refractivity contribution < 1.29 is 0 Å². The lowest BCUT2D eigenvalue weighted by molar-refractivity contribution is 0.865. The van der Waals surface area contributed by atoms with E-state index < -0.39 is 0 Å². The molecule has 0 fully saturated rings. The maximum Gasteiger partial charge on any atom is 0.146 e. The molecule has 21 heavy (non-hydrogen) atoms. The van der Waals surface area contributed by atoms with Crippen LogP contribution in [0.2, 0.25) is 0 Å². The topological polar surface area (TPSA) is 92.5 Å². The van der Waals surface area contributed by atoms with Gasteiger partial charge in [-0.25, -0.2) is 20.8 Å². The number of rotatable bonds is 4. The Morgan fingerprint density at radius 3 is 2.71 bits per heavy atom. The van der Waals surface area contributed by atoms with Gasteiger partial charge in [-0.2, -0.15) is 0 Å². The fourth-order valence-corrected chi connectivity index (χ4v) is 2.42. The van der Waals surface area contributed by atoms with Crippen molar-refractivity contribution in [3.63, 3.8) is 0 Å². The van der Waals surface area contributed by atoms with Gasteiger partial charge in [0.2, 0.25) is 0 Å². The second-order valence-electron chi connectivity index (χ2n) is 4.94. The molecule has 0 atom stereocenters. The lowest BCUT2D eigenvalue weighted by Gasteiger charge is -2.10. The van der Waals surface area contributed by atoms with Gasteiger partial charge in [-0.3, -0.25) is 0 Å². The number of aromatic nitrogens is 4. The molecule has 6 heteroatoms. The van der Waals surface area contributed by atoms with Crippen molar-refractivity contribution in [2.75, 3.05) is 5.43 Å². The first kappa shape index (κ1) is 13.5. The second-order valence-corrected chi connectivity index (χ2v) is 4.94. The summed E-state index contributed by atoms with van der Waals surface area (Å²) in [5, 5.41) is 0. The number of hydrogen-bond donors (Lipinski definition) is 3. The molecule has 0 aliphatic rings. The molecule has 3 rings (SSSR count). The highest BCUT2D eigenvalue weighted by Crippen LogP contribution is 2.17. The fraction of sp³-hybridized carbons (Fsp3) is 0.267. The third-order valence-electron chi connectivity index (χ3n) is 3.53. The van der Waals surface area contributed by atoms with Gasteiger partial charge in [0.25, 0.3) is 0 Å². The Bertz CT molecular complexity index is 719. The van der Waals surface area contributed by atoms with Crippen LogP contribution >= 0.6 is 0 Å². The van der Waals surface area contributed by atoms with Gasteiger partial charge in [-0.15, -0.1) is 0 Å². The zero-order chi connectivity index (χ0) is 14.8. The van der Waals surface area contributed by atoms with Gasteiger partial charge in [-0.1, -0.05) is 19.1 Å². The van der Waals surface area contributed by atoms with Crippen molar-refractivity contribution in [3.05, 3.63) is 47.2 Å². The van der Waals surface area contributed by atoms with Crippen LogP contribution in [0.1, 0.15) is 29.8 Å². The number of nitrogen functional groups attached to an aromatic ring is 1. The molecule has 0 aliphatic heterocycles. The van der Waals surface area contributed by atoms with Crippen LogP contribution in [0.15, 0.2) is 24.3 Å². The predicted molar refractivity (Wildman–Crippen MR) is 82.9 cm³/mol. The summed E-state index contributed by atoms with van der Waals surface area (Å²) in [6, 6.07) is 7.95. The molecule has 0 aliphatic carbocycles. The highest BCUT2D eigenvalue weighted by molar-refractivity contribution is 5.74. The molecule has 2 heterocycles. The summed E-state index contributed by atoms with van der Waals surface area (Å²) in [6.07, 6.45) is 1.40. The normalized spacial score (nSPS) is 11.0. The molecule has 0 saturated carbocycles. The molecule has 0 unspecified atom stereocenters. The SMILES string of the molecule is CCc1nc(Cc2nc3ccccc3[nH]2)nc(NN)c1C. The zero-order valence-corrected chi connectivity index (χ0v) is 12.1. The molecular weight excluding hydrogens is 264 g/mol. The fourth-order valence-electron chi connectivity index (χ4n) is 2.42. The molecule has 0 saturated heterocycles. The second kappa shape index (κ2) is 5.49. The number of hydrogen-bond acceptors (Lipinski definition) is 5. The van der Waals surface area contributed by atoms with Crippen molar-refractivity contribution in [2.45, 2.75) is 26.7 Å². The first-order valence-corrected chi connectivity index (χ1v) is 6.98. The number of para-hydroxylation sites is 2. The minimum Gasteiger partial charge on any atom is -0.342 e. The molecule has 2 aromatic heterocycles. The van der Waals surface area contributed by atoms with Gasteiger partial charge in [0, 0.05) is 11.3 Å². The van der Waals surface area contributed by atoms with E-state index in [2.05, 4.69) is 32.3 Å². The summed E-state index contributed by atoms with van der Waals surface area (Å²) in [5.74, 6) is 7.77. The summed E-state index contributed by atoms with van der Waals surface area (Å²) >= 11 is 0. The standard InChI is InChI=1S/C15H18N6/c1-3-10-9(2)15(21-16)20-14(17-10)8-13-18-11-6-4-5-7-12(11)19-13/h4-7H,3,8,16H2,1-2H3,(H,18,19)(H,17,20,21). The number of nitrogens with zero attached hydrogens (tertiary/aromatic N) is 3. The van der Waals surface area contributed by atoms with Crippen LogP contribution in [0.3, 0.4) is 0 Å². The summed E-state index contributed by atoms with van der Waals surface area (Å²) < 4.78 is 0. The smallest absolute Gasteiger partial charge is 0.146 e. The van der Waals surface area contributed by atoms with Crippen LogP contribution in [0.25, 0.3) is 11.0 Å². The predicted octanol–water partition coefficient (Wildman–Crippen LogP) is 2.10. The maximum absolute atomic E-state index is 5.53. The van der Waals surface area contributed by atoms with E-state index in [1.165, 1.54) is 0 Å². The quantitative estimate of drug-likeness (QED) is 0.503.